The summed E-state index contributed by atoms with van der Waals surface area (Å²) >= 11 is 0.961. The number of nitrogens with one attached hydrogen (secondary N) is 1. The molecule has 0 fully saturated rings. The van der Waals surface area contributed by atoms with Crippen LogP contribution in [0.2, 0.25) is 0 Å². The van der Waals surface area contributed by atoms with Crippen LogP contribution in [0, 0.1) is 0 Å². The minimum Gasteiger partial charge on any atom is -0.390 e. The Morgan fingerprint density at radius 2 is 2.08 bits per heavy atom. The molecule has 0 radical (unpaired) electrons. The van der Waals surface area contributed by atoms with Gasteiger partial charge in [-0.15, -0.1) is 0 Å². The van der Waals surface area contributed by atoms with Crippen molar-refractivity contribution in [3.05, 3.63) is 41.7 Å². The van der Waals surface area contributed by atoms with E-state index in [1.54, 1.807) is 0 Å². The number of thioether (sulfide) groups is 1. The van der Waals surface area contributed by atoms with Gasteiger partial charge in [-0.1, -0.05) is 17.8 Å². The zero-order valence-electron chi connectivity index (χ0n) is 13.3. The molecule has 0 aliphatic heterocycles. The van der Waals surface area contributed by atoms with E-state index in [2.05, 4.69) is 10.3 Å². The van der Waals surface area contributed by atoms with Gasteiger partial charge < -0.3 is 20.7 Å². The van der Waals surface area contributed by atoms with E-state index in [0.29, 0.717) is 5.69 Å². The number of aliphatic hydroxyl groups excluding tert-OH is 1. The van der Waals surface area contributed by atoms with Gasteiger partial charge in [0, 0.05) is 5.69 Å². The van der Waals surface area contributed by atoms with Crippen molar-refractivity contribution < 1.29 is 27.9 Å². The molecule has 0 aliphatic rings. The highest BCUT2D eigenvalue weighted by atomic mass is 32.2. The van der Waals surface area contributed by atoms with Gasteiger partial charge in [0.15, 0.2) is 5.16 Å². The molecule has 1 aromatic carbocycles. The van der Waals surface area contributed by atoms with Gasteiger partial charge in [-0.25, -0.2) is 4.98 Å². The van der Waals surface area contributed by atoms with Crippen LogP contribution in [0.1, 0.15) is 11.3 Å². The third-order valence-electron chi connectivity index (χ3n) is 3.18. The summed E-state index contributed by atoms with van der Waals surface area (Å²) < 4.78 is 39.4. The van der Waals surface area contributed by atoms with Crippen LogP contribution in [-0.4, -0.2) is 32.2 Å². The van der Waals surface area contributed by atoms with E-state index in [1.807, 2.05) is 0 Å². The minimum atomic E-state index is -4.50. The van der Waals surface area contributed by atoms with E-state index < -0.39 is 23.6 Å². The number of amides is 2. The Hall–Kier alpha value is -2.53. The quantitative estimate of drug-likeness (QED) is 0.624. The van der Waals surface area contributed by atoms with Crippen molar-refractivity contribution >= 4 is 29.3 Å². The van der Waals surface area contributed by atoms with Gasteiger partial charge in [0.05, 0.1) is 29.8 Å². The van der Waals surface area contributed by atoms with E-state index in [0.717, 1.165) is 23.9 Å². The maximum atomic E-state index is 12.7. The topological polar surface area (TPSA) is 110 Å². The first-order valence-electron chi connectivity index (χ1n) is 7.24. The summed E-state index contributed by atoms with van der Waals surface area (Å²) in [6.45, 7) is -0.579. The number of rotatable bonds is 7. The summed E-state index contributed by atoms with van der Waals surface area (Å²) in [5, 5.41) is 11.9. The Labute approximate surface area is 150 Å². The molecule has 140 valence electrons. The molecule has 7 nitrogen and oxygen atoms in total. The number of nitrogens with zero attached hydrogens (tertiary/aromatic N) is 2. The Kier molecular flexibility index (Phi) is 6.27. The third kappa shape index (κ3) is 5.23. The standard InChI is InChI=1S/C15H15F3N4O3S/c16-15(17,18)9-2-1-3-10(4-9)21-13(25)8-26-14-20-5-11(7-23)22(14)6-12(19)24/h1-5,23H,6-8H2,(H2,19,24)(H,21,25). The maximum absolute atomic E-state index is 12.7. The highest BCUT2D eigenvalue weighted by Gasteiger charge is 2.30. The Morgan fingerprint density at radius 3 is 2.69 bits per heavy atom. The number of aliphatic hydroxyl groups is 1. The molecule has 2 amide bonds. The summed E-state index contributed by atoms with van der Waals surface area (Å²) in [4.78, 5) is 27.1. The second-order valence-electron chi connectivity index (χ2n) is 5.16. The predicted molar refractivity (Wildman–Crippen MR) is 88.1 cm³/mol. The van der Waals surface area contributed by atoms with E-state index in [1.165, 1.54) is 22.9 Å². The van der Waals surface area contributed by atoms with Gasteiger partial charge >= 0.3 is 6.18 Å². The molecular weight excluding hydrogens is 373 g/mol. The average molecular weight is 388 g/mol. The van der Waals surface area contributed by atoms with Crippen LogP contribution in [0.3, 0.4) is 0 Å². The number of hydrogen-bond donors (Lipinski definition) is 3. The maximum Gasteiger partial charge on any atom is 0.416 e. The predicted octanol–water partition coefficient (Wildman–Crippen LogP) is 1.61. The minimum absolute atomic E-state index is 0.0157. The zero-order valence-corrected chi connectivity index (χ0v) is 14.1. The van der Waals surface area contributed by atoms with Gasteiger partial charge in [-0.3, -0.25) is 9.59 Å². The van der Waals surface area contributed by atoms with Crippen LogP contribution in [0.5, 0.6) is 0 Å². The van der Waals surface area contributed by atoms with Crippen LogP contribution in [-0.2, 0) is 28.9 Å². The number of carbonyl (C=O) groups excluding carboxylic acids is 2. The molecule has 1 heterocycles. The molecule has 1 aromatic heterocycles. The van der Waals surface area contributed by atoms with Gasteiger partial charge in [0.25, 0.3) is 0 Å². The lowest BCUT2D eigenvalue weighted by molar-refractivity contribution is -0.137. The Morgan fingerprint density at radius 1 is 1.35 bits per heavy atom. The third-order valence-corrected chi connectivity index (χ3v) is 4.17. The van der Waals surface area contributed by atoms with Gasteiger partial charge in [-0.2, -0.15) is 13.2 Å². The number of imidazole rings is 1. The molecular formula is C15H15F3N4O3S. The molecule has 0 aliphatic carbocycles. The number of anilines is 1. The number of benzene rings is 1. The van der Waals surface area contributed by atoms with Crippen molar-refractivity contribution in [3.8, 4) is 0 Å². The highest BCUT2D eigenvalue weighted by Crippen LogP contribution is 2.30. The summed E-state index contributed by atoms with van der Waals surface area (Å²) in [6, 6.07) is 4.27. The first-order chi connectivity index (χ1) is 12.2. The second kappa shape index (κ2) is 8.23. The largest absolute Gasteiger partial charge is 0.416 e. The Bertz CT molecular complexity index is 808. The molecule has 11 heteroatoms. The summed E-state index contributed by atoms with van der Waals surface area (Å²) in [5.41, 5.74) is 4.63. The van der Waals surface area contributed by atoms with Crippen LogP contribution in [0.25, 0.3) is 0 Å². The van der Waals surface area contributed by atoms with E-state index in [9.17, 15) is 27.9 Å². The van der Waals surface area contributed by atoms with Crippen molar-refractivity contribution in [2.24, 2.45) is 5.73 Å². The lowest BCUT2D eigenvalue weighted by Gasteiger charge is -2.10. The molecule has 2 aromatic rings. The zero-order chi connectivity index (χ0) is 19.3. The van der Waals surface area contributed by atoms with E-state index in [4.69, 9.17) is 5.73 Å². The monoisotopic (exact) mass is 388 g/mol. The van der Waals surface area contributed by atoms with Gasteiger partial charge in [0.1, 0.15) is 6.54 Å². The summed E-state index contributed by atoms with van der Waals surface area (Å²) in [7, 11) is 0. The normalized spacial score (nSPS) is 11.4. The molecule has 0 saturated heterocycles. The molecule has 0 bridgehead atoms. The first-order valence-corrected chi connectivity index (χ1v) is 8.22. The lowest BCUT2D eigenvalue weighted by atomic mass is 10.2. The molecule has 0 spiro atoms. The van der Waals surface area contributed by atoms with Crippen molar-refractivity contribution in [2.45, 2.75) is 24.5 Å². The summed E-state index contributed by atoms with van der Waals surface area (Å²) in [6.07, 6.45) is -3.16. The first kappa shape index (κ1) is 19.8. The molecule has 26 heavy (non-hydrogen) atoms. The van der Waals surface area contributed by atoms with Crippen LogP contribution >= 0.6 is 11.8 Å². The van der Waals surface area contributed by atoms with Crippen LogP contribution in [0.15, 0.2) is 35.6 Å². The van der Waals surface area contributed by atoms with Crippen LogP contribution in [0.4, 0.5) is 18.9 Å². The van der Waals surface area contributed by atoms with Crippen LogP contribution < -0.4 is 11.1 Å². The van der Waals surface area contributed by atoms with Crippen molar-refractivity contribution in [1.82, 2.24) is 9.55 Å². The molecule has 2 rings (SSSR count). The fourth-order valence-corrected chi connectivity index (χ4v) is 2.86. The fraction of sp³-hybridized carbons (Fsp3) is 0.267. The number of hydrogen-bond acceptors (Lipinski definition) is 5. The van der Waals surface area contributed by atoms with Crippen molar-refractivity contribution in [3.63, 3.8) is 0 Å². The number of aromatic nitrogens is 2. The smallest absolute Gasteiger partial charge is 0.390 e. The number of halogens is 3. The van der Waals surface area contributed by atoms with Gasteiger partial charge in [-0.05, 0) is 18.2 Å². The highest BCUT2D eigenvalue weighted by molar-refractivity contribution is 7.99. The number of carbonyl (C=O) groups is 2. The van der Waals surface area contributed by atoms with Crippen molar-refractivity contribution in [1.29, 1.82) is 0 Å². The average Bonchev–Trinajstić information content (AvgIpc) is 2.93. The molecule has 4 N–H and O–H groups in total. The van der Waals surface area contributed by atoms with Gasteiger partial charge in [0.2, 0.25) is 11.8 Å². The SMILES string of the molecule is NC(=O)Cn1c(CO)cnc1SCC(=O)Nc1cccc(C(F)(F)F)c1. The second-order valence-corrected chi connectivity index (χ2v) is 6.10. The molecule has 0 atom stereocenters. The number of alkyl halides is 3. The number of nitrogens with two attached hydrogens (primary N) is 1. The molecule has 0 saturated carbocycles. The Balaban J connectivity index is 2.02. The molecule has 0 unspecified atom stereocenters. The van der Waals surface area contributed by atoms with Crippen molar-refractivity contribution in [2.75, 3.05) is 11.1 Å². The van der Waals surface area contributed by atoms with E-state index in [-0.39, 0.29) is 29.7 Å². The number of primary amides is 1. The van der Waals surface area contributed by atoms with E-state index >= 15 is 0 Å². The fourth-order valence-electron chi connectivity index (χ4n) is 2.06. The lowest BCUT2D eigenvalue weighted by Crippen LogP contribution is -2.21. The summed E-state index contributed by atoms with van der Waals surface area (Å²) in [5.74, 6) is -1.35.